The Morgan fingerprint density at radius 2 is 2.36 bits per heavy atom. The van der Waals surface area contributed by atoms with Gasteiger partial charge in [-0.05, 0) is 0 Å². The van der Waals surface area contributed by atoms with Gasteiger partial charge in [-0.15, -0.1) is 0 Å². The van der Waals surface area contributed by atoms with Crippen molar-refractivity contribution in [2.24, 2.45) is 0 Å². The summed E-state index contributed by atoms with van der Waals surface area (Å²) in [4.78, 5) is 13.2. The molecule has 0 bridgehead atoms. The predicted octanol–water partition coefficient (Wildman–Crippen LogP) is 1.31. The van der Waals surface area contributed by atoms with Crippen molar-refractivity contribution in [3.8, 4) is 0 Å². The van der Waals surface area contributed by atoms with Crippen LogP contribution in [0.25, 0.3) is 0 Å². The summed E-state index contributed by atoms with van der Waals surface area (Å²) < 4.78 is 27.8. The number of carbonyl (C=O) groups is 1. The Hall–Kier alpha value is -1.46. The molecule has 60 valence electrons. The van der Waals surface area contributed by atoms with Crippen molar-refractivity contribution in [2.45, 2.75) is 6.43 Å². The van der Waals surface area contributed by atoms with Crippen LogP contribution in [0.15, 0.2) is 10.8 Å². The van der Waals surface area contributed by atoms with Crippen LogP contribution in [0.5, 0.6) is 0 Å². The van der Waals surface area contributed by atoms with E-state index in [1.165, 1.54) is 0 Å². The Balaban J connectivity index is 3.06. The molecule has 0 amide bonds. The van der Waals surface area contributed by atoms with Gasteiger partial charge >= 0.3 is 5.97 Å². The van der Waals surface area contributed by atoms with Crippen molar-refractivity contribution in [2.75, 3.05) is 0 Å². The van der Waals surface area contributed by atoms with Gasteiger partial charge in [0.2, 0.25) is 5.76 Å². The number of alkyl halides is 2. The Labute approximate surface area is 59.5 Å². The largest absolute Gasteiger partial charge is 0.476 e. The summed E-state index contributed by atoms with van der Waals surface area (Å²) in [6.07, 6.45) is -2.27. The lowest BCUT2D eigenvalue weighted by Crippen LogP contribution is -2.00. The highest BCUT2D eigenvalue weighted by atomic mass is 19.3. The molecule has 1 aromatic heterocycles. The van der Waals surface area contributed by atoms with Gasteiger partial charge in [-0.25, -0.2) is 18.6 Å². The monoisotopic (exact) mass is 163 g/mol. The number of halogens is 2. The van der Waals surface area contributed by atoms with Crippen LogP contribution in [0, 0.1) is 0 Å². The van der Waals surface area contributed by atoms with Crippen LogP contribution in [0.2, 0.25) is 0 Å². The van der Waals surface area contributed by atoms with Gasteiger partial charge in [-0.3, -0.25) is 0 Å². The smallest absolute Gasteiger partial charge is 0.358 e. The molecule has 0 saturated carbocycles. The van der Waals surface area contributed by atoms with E-state index in [-0.39, 0.29) is 0 Å². The molecule has 0 aliphatic carbocycles. The molecule has 0 aliphatic heterocycles. The molecule has 0 radical (unpaired) electrons. The standard InChI is InChI=1S/C5H3F2NO3/c6-4(7)3-2(5(9)10)8-1-11-3/h1,4H,(H,9,10). The van der Waals surface area contributed by atoms with Crippen LogP contribution >= 0.6 is 0 Å². The highest BCUT2D eigenvalue weighted by molar-refractivity contribution is 5.86. The normalized spacial score (nSPS) is 10.5. The van der Waals surface area contributed by atoms with Gasteiger partial charge in [-0.1, -0.05) is 0 Å². The topological polar surface area (TPSA) is 63.3 Å². The summed E-state index contributed by atoms with van der Waals surface area (Å²) in [6, 6.07) is 0. The first-order valence-electron chi connectivity index (χ1n) is 2.57. The minimum absolute atomic E-state index is 0.672. The van der Waals surface area contributed by atoms with Gasteiger partial charge in [0, 0.05) is 0 Å². The van der Waals surface area contributed by atoms with E-state index in [9.17, 15) is 13.6 Å². The lowest BCUT2D eigenvalue weighted by atomic mass is 10.3. The Morgan fingerprint density at radius 1 is 1.73 bits per heavy atom. The number of carboxylic acids is 1. The molecular formula is C5H3F2NO3. The van der Waals surface area contributed by atoms with Crippen molar-refractivity contribution >= 4 is 5.97 Å². The summed E-state index contributed by atoms with van der Waals surface area (Å²) in [5, 5.41) is 8.25. The molecule has 0 fully saturated rings. The maximum Gasteiger partial charge on any atom is 0.358 e. The molecule has 1 rings (SSSR count). The number of hydrogen-bond acceptors (Lipinski definition) is 3. The number of rotatable bonds is 2. The fourth-order valence-corrected chi connectivity index (χ4v) is 0.571. The third kappa shape index (κ3) is 1.34. The first-order valence-corrected chi connectivity index (χ1v) is 2.57. The molecule has 6 heteroatoms. The first-order chi connectivity index (χ1) is 5.13. The molecule has 0 aliphatic rings. The number of oxazole rings is 1. The van der Waals surface area contributed by atoms with Crippen LogP contribution in [0.3, 0.4) is 0 Å². The molecule has 0 unspecified atom stereocenters. The molecular weight excluding hydrogens is 160 g/mol. The molecule has 0 aromatic carbocycles. The zero-order valence-electron chi connectivity index (χ0n) is 5.12. The van der Waals surface area contributed by atoms with Crippen molar-refractivity contribution < 1.29 is 23.1 Å². The second kappa shape index (κ2) is 2.65. The average Bonchev–Trinajstić information content (AvgIpc) is 2.32. The quantitative estimate of drug-likeness (QED) is 0.713. The van der Waals surface area contributed by atoms with Gasteiger partial charge in [-0.2, -0.15) is 0 Å². The summed E-state index contributed by atoms with van der Waals surface area (Å²) in [7, 11) is 0. The van der Waals surface area contributed by atoms with Crippen molar-refractivity contribution in [3.63, 3.8) is 0 Å². The molecule has 11 heavy (non-hydrogen) atoms. The zero-order chi connectivity index (χ0) is 8.43. The second-order valence-corrected chi connectivity index (χ2v) is 1.67. The summed E-state index contributed by atoms with van der Waals surface area (Å²) in [6.45, 7) is 0. The second-order valence-electron chi connectivity index (χ2n) is 1.67. The van der Waals surface area contributed by atoms with E-state index in [1.54, 1.807) is 0 Å². The van der Waals surface area contributed by atoms with E-state index >= 15 is 0 Å². The van der Waals surface area contributed by atoms with E-state index in [0.29, 0.717) is 6.39 Å². The molecule has 4 nitrogen and oxygen atoms in total. The van der Waals surface area contributed by atoms with E-state index in [2.05, 4.69) is 9.40 Å². The zero-order valence-corrected chi connectivity index (χ0v) is 5.12. The van der Waals surface area contributed by atoms with Gasteiger partial charge in [0.05, 0.1) is 0 Å². The van der Waals surface area contributed by atoms with Crippen LogP contribution in [0.1, 0.15) is 22.7 Å². The highest BCUT2D eigenvalue weighted by Crippen LogP contribution is 2.21. The van der Waals surface area contributed by atoms with Gasteiger partial charge in [0.25, 0.3) is 6.43 Å². The van der Waals surface area contributed by atoms with Crippen molar-refractivity contribution in [3.05, 3.63) is 17.8 Å². The van der Waals surface area contributed by atoms with E-state index in [1.807, 2.05) is 0 Å². The van der Waals surface area contributed by atoms with Crippen LogP contribution in [-0.4, -0.2) is 16.1 Å². The Morgan fingerprint density at radius 3 is 2.73 bits per heavy atom. The Kier molecular flexibility index (Phi) is 1.84. The highest BCUT2D eigenvalue weighted by Gasteiger charge is 2.22. The van der Waals surface area contributed by atoms with Gasteiger partial charge < -0.3 is 9.52 Å². The predicted molar refractivity (Wildman–Crippen MR) is 28.4 cm³/mol. The van der Waals surface area contributed by atoms with Crippen LogP contribution in [-0.2, 0) is 0 Å². The third-order valence-corrected chi connectivity index (χ3v) is 0.996. The van der Waals surface area contributed by atoms with Crippen molar-refractivity contribution in [1.29, 1.82) is 0 Å². The lowest BCUT2D eigenvalue weighted by molar-refractivity contribution is 0.0668. The first kappa shape index (κ1) is 7.64. The Bertz CT molecular complexity index is 270. The van der Waals surface area contributed by atoms with Crippen LogP contribution in [0.4, 0.5) is 8.78 Å². The number of aromatic carboxylic acids is 1. The maximum absolute atomic E-state index is 11.8. The van der Waals surface area contributed by atoms with E-state index in [4.69, 9.17) is 5.11 Å². The molecule has 1 N–H and O–H groups in total. The minimum atomic E-state index is -2.94. The number of nitrogens with zero attached hydrogens (tertiary/aromatic N) is 1. The fraction of sp³-hybridized carbons (Fsp3) is 0.200. The van der Waals surface area contributed by atoms with Gasteiger partial charge in [0.1, 0.15) is 0 Å². The molecule has 0 saturated heterocycles. The number of aromatic nitrogens is 1. The van der Waals surface area contributed by atoms with Crippen LogP contribution < -0.4 is 0 Å². The third-order valence-electron chi connectivity index (χ3n) is 0.996. The minimum Gasteiger partial charge on any atom is -0.476 e. The molecule has 0 atom stereocenters. The number of hydrogen-bond donors (Lipinski definition) is 1. The SMILES string of the molecule is O=C(O)c1ncoc1C(F)F. The van der Waals surface area contributed by atoms with Gasteiger partial charge in [0.15, 0.2) is 12.1 Å². The summed E-state index contributed by atoms with van der Waals surface area (Å²) in [5.74, 6) is -2.42. The molecule has 1 heterocycles. The summed E-state index contributed by atoms with van der Waals surface area (Å²) in [5.41, 5.74) is -0.736. The average molecular weight is 163 g/mol. The molecule has 0 spiro atoms. The fourth-order valence-electron chi connectivity index (χ4n) is 0.571. The lowest BCUT2D eigenvalue weighted by Gasteiger charge is -1.92. The maximum atomic E-state index is 11.8. The van der Waals surface area contributed by atoms with E-state index in [0.717, 1.165) is 0 Å². The van der Waals surface area contributed by atoms with Crippen molar-refractivity contribution in [1.82, 2.24) is 4.98 Å². The number of carboxylic acid groups (broad SMARTS) is 1. The molecule has 1 aromatic rings. The summed E-state index contributed by atoms with van der Waals surface area (Å²) >= 11 is 0. The van der Waals surface area contributed by atoms with E-state index < -0.39 is 23.8 Å².